The first-order valence-corrected chi connectivity index (χ1v) is 8.24. The lowest BCUT2D eigenvalue weighted by Crippen LogP contribution is -2.42. The average Bonchev–Trinajstić information content (AvgIpc) is 2.88. The third-order valence-electron chi connectivity index (χ3n) is 3.42. The van der Waals surface area contributed by atoms with Crippen LogP contribution in [0.15, 0.2) is 0 Å². The van der Waals surface area contributed by atoms with Crippen molar-refractivity contribution < 1.29 is 9.53 Å². The fourth-order valence-electron chi connectivity index (χ4n) is 2.18. The SMILES string of the molecule is CCOC(=O)N1CCC(Nc2nnc(C(C)(C)C)s2)CC1. The summed E-state index contributed by atoms with van der Waals surface area (Å²) in [5.74, 6) is 0. The largest absolute Gasteiger partial charge is 0.450 e. The summed E-state index contributed by atoms with van der Waals surface area (Å²) < 4.78 is 5.02. The summed E-state index contributed by atoms with van der Waals surface area (Å²) in [4.78, 5) is 13.4. The molecule has 2 heterocycles. The topological polar surface area (TPSA) is 67.3 Å². The number of carbonyl (C=O) groups excluding carboxylic acids is 1. The van der Waals surface area contributed by atoms with Gasteiger partial charge in [0.1, 0.15) is 5.01 Å². The predicted molar refractivity (Wildman–Crippen MR) is 83.8 cm³/mol. The van der Waals surface area contributed by atoms with Crippen LogP contribution in [0, 0.1) is 0 Å². The molecule has 0 aromatic carbocycles. The van der Waals surface area contributed by atoms with Crippen LogP contribution in [0.5, 0.6) is 0 Å². The molecule has 21 heavy (non-hydrogen) atoms. The summed E-state index contributed by atoms with van der Waals surface area (Å²) in [6, 6.07) is 0.344. The van der Waals surface area contributed by atoms with Gasteiger partial charge in [0.2, 0.25) is 5.13 Å². The van der Waals surface area contributed by atoms with Gasteiger partial charge in [0, 0.05) is 24.5 Å². The van der Waals surface area contributed by atoms with E-state index in [9.17, 15) is 4.79 Å². The molecular formula is C14H24N4O2S. The van der Waals surface area contributed by atoms with E-state index in [4.69, 9.17) is 4.74 Å². The molecule has 1 aromatic heterocycles. The lowest BCUT2D eigenvalue weighted by Gasteiger charge is -2.31. The van der Waals surface area contributed by atoms with Gasteiger partial charge in [-0.25, -0.2) is 4.79 Å². The molecule has 1 amide bonds. The molecule has 6 nitrogen and oxygen atoms in total. The molecule has 7 heteroatoms. The zero-order valence-corrected chi connectivity index (χ0v) is 14.0. The van der Waals surface area contributed by atoms with E-state index in [1.165, 1.54) is 0 Å². The van der Waals surface area contributed by atoms with Crippen molar-refractivity contribution in [2.24, 2.45) is 0 Å². The highest BCUT2D eigenvalue weighted by molar-refractivity contribution is 7.15. The first kappa shape index (κ1) is 16.0. The molecule has 0 bridgehead atoms. The van der Waals surface area contributed by atoms with Crippen molar-refractivity contribution in [1.29, 1.82) is 0 Å². The molecule has 0 unspecified atom stereocenters. The van der Waals surface area contributed by atoms with E-state index in [1.807, 2.05) is 6.92 Å². The van der Waals surface area contributed by atoms with Crippen LogP contribution in [0.3, 0.4) is 0 Å². The molecule has 0 spiro atoms. The number of nitrogens with one attached hydrogen (secondary N) is 1. The van der Waals surface area contributed by atoms with Gasteiger partial charge in [-0.05, 0) is 19.8 Å². The second-order valence-electron chi connectivity index (χ2n) is 6.27. The summed E-state index contributed by atoms with van der Waals surface area (Å²) in [6.07, 6.45) is 1.61. The van der Waals surface area contributed by atoms with Gasteiger partial charge in [-0.3, -0.25) is 0 Å². The van der Waals surface area contributed by atoms with Gasteiger partial charge in [-0.2, -0.15) is 0 Å². The molecule has 1 saturated heterocycles. The number of amides is 1. The minimum atomic E-state index is -0.207. The molecule has 1 aliphatic heterocycles. The van der Waals surface area contributed by atoms with E-state index in [0.717, 1.165) is 36.1 Å². The lowest BCUT2D eigenvalue weighted by atomic mass is 9.98. The van der Waals surface area contributed by atoms with Crippen molar-refractivity contribution in [3.8, 4) is 0 Å². The van der Waals surface area contributed by atoms with Gasteiger partial charge in [-0.15, -0.1) is 10.2 Å². The number of hydrogen-bond donors (Lipinski definition) is 1. The first-order chi connectivity index (χ1) is 9.90. The maximum absolute atomic E-state index is 11.6. The summed E-state index contributed by atoms with van der Waals surface area (Å²) in [5.41, 5.74) is 0.0326. The number of ether oxygens (including phenoxy) is 1. The third kappa shape index (κ3) is 4.30. The first-order valence-electron chi connectivity index (χ1n) is 7.42. The molecule has 0 atom stereocenters. The molecule has 0 aliphatic carbocycles. The molecular weight excluding hydrogens is 288 g/mol. The van der Waals surface area contributed by atoms with Gasteiger partial charge in [0.15, 0.2) is 0 Å². The molecule has 0 radical (unpaired) electrons. The minimum absolute atomic E-state index is 0.0326. The van der Waals surface area contributed by atoms with Gasteiger partial charge >= 0.3 is 6.09 Å². The van der Waals surface area contributed by atoms with E-state index < -0.39 is 0 Å². The van der Waals surface area contributed by atoms with Crippen LogP contribution < -0.4 is 5.32 Å². The predicted octanol–water partition coefficient (Wildman–Crippen LogP) is 2.87. The molecule has 0 saturated carbocycles. The van der Waals surface area contributed by atoms with Crippen LogP contribution in [0.2, 0.25) is 0 Å². The Labute approximate surface area is 129 Å². The fraction of sp³-hybridized carbons (Fsp3) is 0.786. The Morgan fingerprint density at radius 2 is 2.05 bits per heavy atom. The van der Waals surface area contributed by atoms with E-state index in [0.29, 0.717) is 12.6 Å². The quantitative estimate of drug-likeness (QED) is 0.929. The Balaban J connectivity index is 1.83. The van der Waals surface area contributed by atoms with Gasteiger partial charge in [0.05, 0.1) is 6.61 Å². The zero-order chi connectivity index (χ0) is 15.5. The highest BCUT2D eigenvalue weighted by atomic mass is 32.1. The molecule has 1 fully saturated rings. The molecule has 1 N–H and O–H groups in total. The number of likely N-dealkylation sites (tertiary alicyclic amines) is 1. The van der Waals surface area contributed by atoms with Gasteiger partial charge in [0.25, 0.3) is 0 Å². The lowest BCUT2D eigenvalue weighted by molar-refractivity contribution is 0.0983. The van der Waals surface area contributed by atoms with Crippen molar-refractivity contribution in [2.75, 3.05) is 25.0 Å². The van der Waals surface area contributed by atoms with Gasteiger partial charge in [-0.1, -0.05) is 32.1 Å². The number of hydrogen-bond acceptors (Lipinski definition) is 6. The Hall–Kier alpha value is -1.37. The highest BCUT2D eigenvalue weighted by Gasteiger charge is 2.25. The Bertz CT molecular complexity index is 476. The van der Waals surface area contributed by atoms with Crippen LogP contribution in [-0.4, -0.2) is 46.9 Å². The monoisotopic (exact) mass is 312 g/mol. The van der Waals surface area contributed by atoms with E-state index >= 15 is 0 Å². The van der Waals surface area contributed by atoms with Gasteiger partial charge < -0.3 is 15.0 Å². The molecule has 118 valence electrons. The molecule has 1 aromatic rings. The van der Waals surface area contributed by atoms with Crippen LogP contribution in [-0.2, 0) is 10.2 Å². The second kappa shape index (κ2) is 6.60. The van der Waals surface area contributed by atoms with Crippen LogP contribution >= 0.6 is 11.3 Å². The van der Waals surface area contributed by atoms with Crippen LogP contribution in [0.25, 0.3) is 0 Å². The maximum Gasteiger partial charge on any atom is 0.409 e. The van der Waals surface area contributed by atoms with Crippen molar-refractivity contribution in [1.82, 2.24) is 15.1 Å². The van der Waals surface area contributed by atoms with Crippen molar-refractivity contribution in [2.45, 2.75) is 52.0 Å². The summed E-state index contributed by atoms with van der Waals surface area (Å²) in [6.45, 7) is 10.1. The van der Waals surface area contributed by atoms with Crippen molar-refractivity contribution >= 4 is 22.6 Å². The number of aromatic nitrogens is 2. The zero-order valence-electron chi connectivity index (χ0n) is 13.2. The van der Waals surface area contributed by atoms with Crippen LogP contribution in [0.4, 0.5) is 9.93 Å². The smallest absolute Gasteiger partial charge is 0.409 e. The number of nitrogens with zero attached hydrogens (tertiary/aromatic N) is 3. The van der Waals surface area contributed by atoms with Crippen molar-refractivity contribution in [3.05, 3.63) is 5.01 Å². The standard InChI is InChI=1S/C14H24N4O2S/c1-5-20-13(19)18-8-6-10(7-9-18)15-12-17-16-11(21-12)14(2,3)4/h10H,5-9H2,1-4H3,(H,15,17). The highest BCUT2D eigenvalue weighted by Crippen LogP contribution is 2.28. The minimum Gasteiger partial charge on any atom is -0.450 e. The Morgan fingerprint density at radius 1 is 1.38 bits per heavy atom. The molecule has 1 aliphatic rings. The van der Waals surface area contributed by atoms with E-state index in [-0.39, 0.29) is 11.5 Å². The number of rotatable bonds is 3. The van der Waals surface area contributed by atoms with E-state index in [2.05, 4.69) is 36.3 Å². The summed E-state index contributed by atoms with van der Waals surface area (Å²) in [7, 11) is 0. The Morgan fingerprint density at radius 3 is 2.57 bits per heavy atom. The average molecular weight is 312 g/mol. The second-order valence-corrected chi connectivity index (χ2v) is 7.24. The maximum atomic E-state index is 11.6. The fourth-order valence-corrected chi connectivity index (χ4v) is 3.06. The Kier molecular flexibility index (Phi) is 5.03. The van der Waals surface area contributed by atoms with Crippen LogP contribution in [0.1, 0.15) is 45.5 Å². The normalized spacial score (nSPS) is 16.9. The molecule has 2 rings (SSSR count). The number of anilines is 1. The summed E-state index contributed by atoms with van der Waals surface area (Å²) in [5, 5.41) is 13.8. The number of carbonyl (C=O) groups is 1. The van der Waals surface area contributed by atoms with E-state index in [1.54, 1.807) is 16.2 Å². The third-order valence-corrected chi connectivity index (χ3v) is 4.70. The summed E-state index contributed by atoms with van der Waals surface area (Å²) >= 11 is 1.61. The van der Waals surface area contributed by atoms with Crippen molar-refractivity contribution in [3.63, 3.8) is 0 Å². The number of piperidine rings is 1.